The van der Waals surface area contributed by atoms with Gasteiger partial charge >= 0.3 is 0 Å². The lowest BCUT2D eigenvalue weighted by molar-refractivity contribution is 0.286. The van der Waals surface area contributed by atoms with Crippen LogP contribution >= 0.6 is 0 Å². The van der Waals surface area contributed by atoms with Crippen LogP contribution in [0.4, 0.5) is 4.39 Å². The molecule has 106 valence electrons. The molecular weight excluding hydrogens is 255 g/mol. The second-order valence-corrected chi connectivity index (χ2v) is 4.98. The van der Waals surface area contributed by atoms with Crippen molar-refractivity contribution in [1.29, 1.82) is 0 Å². The van der Waals surface area contributed by atoms with E-state index in [1.807, 2.05) is 6.07 Å². The molecule has 0 spiro atoms. The second kappa shape index (κ2) is 6.48. The molecule has 1 heterocycles. The molecule has 0 saturated carbocycles. The number of benzene rings is 1. The maximum absolute atomic E-state index is 13.5. The molecule has 0 fully saturated rings. The molecule has 0 aliphatic carbocycles. The largest absolute Gasteiger partial charge is 0.473 e. The van der Waals surface area contributed by atoms with Gasteiger partial charge in [0.1, 0.15) is 12.4 Å². The number of ether oxygens (including phenoxy) is 1. The van der Waals surface area contributed by atoms with Gasteiger partial charge in [0.2, 0.25) is 5.88 Å². The number of rotatable bonds is 5. The Kier molecular flexibility index (Phi) is 4.69. The number of pyridine rings is 1. The lowest BCUT2D eigenvalue weighted by Gasteiger charge is -2.11. The molecule has 0 bridgehead atoms. The molecule has 0 amide bonds. The second-order valence-electron chi connectivity index (χ2n) is 4.98. The Morgan fingerprint density at radius 1 is 1.25 bits per heavy atom. The first-order valence-electron chi connectivity index (χ1n) is 6.67. The van der Waals surface area contributed by atoms with E-state index >= 15 is 0 Å². The molecule has 0 atom stereocenters. The van der Waals surface area contributed by atoms with Crippen molar-refractivity contribution in [1.82, 2.24) is 4.98 Å². The van der Waals surface area contributed by atoms with Crippen LogP contribution in [-0.2, 0) is 13.2 Å². The van der Waals surface area contributed by atoms with Crippen molar-refractivity contribution in [2.45, 2.75) is 32.9 Å². The number of halogens is 1. The highest BCUT2D eigenvalue weighted by molar-refractivity contribution is 5.27. The fourth-order valence-corrected chi connectivity index (χ4v) is 1.84. The van der Waals surface area contributed by atoms with E-state index < -0.39 is 0 Å². The molecule has 0 radical (unpaired) electrons. The summed E-state index contributed by atoms with van der Waals surface area (Å²) in [5, 5.41) is 0. The van der Waals surface area contributed by atoms with Gasteiger partial charge in [-0.1, -0.05) is 32.0 Å². The molecule has 2 rings (SSSR count). The Bertz CT molecular complexity index is 584. The molecule has 0 unspecified atom stereocenters. The van der Waals surface area contributed by atoms with E-state index in [4.69, 9.17) is 10.5 Å². The van der Waals surface area contributed by atoms with Gasteiger partial charge in [-0.25, -0.2) is 9.37 Å². The third-order valence-corrected chi connectivity index (χ3v) is 3.04. The van der Waals surface area contributed by atoms with Crippen LogP contribution < -0.4 is 10.5 Å². The number of nitrogens with zero attached hydrogens (tertiary/aromatic N) is 1. The van der Waals surface area contributed by atoms with Gasteiger partial charge in [-0.05, 0) is 23.6 Å². The average Bonchev–Trinajstić information content (AvgIpc) is 2.46. The molecular formula is C16H19FN2O. The summed E-state index contributed by atoms with van der Waals surface area (Å²) < 4.78 is 19.1. The van der Waals surface area contributed by atoms with E-state index in [9.17, 15) is 4.39 Å². The predicted molar refractivity (Wildman–Crippen MR) is 76.9 cm³/mol. The first-order chi connectivity index (χ1) is 9.60. The van der Waals surface area contributed by atoms with E-state index in [1.54, 1.807) is 24.3 Å². The van der Waals surface area contributed by atoms with Crippen molar-refractivity contribution in [2.24, 2.45) is 5.73 Å². The van der Waals surface area contributed by atoms with E-state index in [0.717, 1.165) is 11.3 Å². The minimum Gasteiger partial charge on any atom is -0.473 e. The fraction of sp³-hybridized carbons (Fsp3) is 0.312. The first kappa shape index (κ1) is 14.5. The SMILES string of the molecule is CC(C)c1cc(CN)cc(OCc2ccccc2F)n1. The lowest BCUT2D eigenvalue weighted by atomic mass is 10.1. The fourth-order valence-electron chi connectivity index (χ4n) is 1.84. The normalized spacial score (nSPS) is 10.8. The van der Waals surface area contributed by atoms with Gasteiger partial charge in [-0.2, -0.15) is 0 Å². The van der Waals surface area contributed by atoms with Crippen LogP contribution in [0.1, 0.15) is 36.6 Å². The molecule has 20 heavy (non-hydrogen) atoms. The molecule has 2 N–H and O–H groups in total. The van der Waals surface area contributed by atoms with Crippen LogP contribution in [0, 0.1) is 5.82 Å². The third kappa shape index (κ3) is 3.54. The van der Waals surface area contributed by atoms with Gasteiger partial charge in [-0.3, -0.25) is 0 Å². The van der Waals surface area contributed by atoms with E-state index in [2.05, 4.69) is 18.8 Å². The van der Waals surface area contributed by atoms with Gasteiger partial charge in [0.15, 0.2) is 0 Å². The van der Waals surface area contributed by atoms with Gasteiger partial charge in [-0.15, -0.1) is 0 Å². The number of hydrogen-bond donors (Lipinski definition) is 1. The molecule has 0 aliphatic rings. The summed E-state index contributed by atoms with van der Waals surface area (Å²) in [4.78, 5) is 4.43. The highest BCUT2D eigenvalue weighted by Gasteiger charge is 2.08. The van der Waals surface area contributed by atoms with Crippen molar-refractivity contribution in [3.8, 4) is 5.88 Å². The zero-order valence-corrected chi connectivity index (χ0v) is 11.8. The van der Waals surface area contributed by atoms with Crippen LogP contribution in [0.25, 0.3) is 0 Å². The van der Waals surface area contributed by atoms with Crippen molar-refractivity contribution in [3.05, 3.63) is 59.0 Å². The molecule has 2 aromatic rings. The Morgan fingerprint density at radius 2 is 2.00 bits per heavy atom. The van der Waals surface area contributed by atoms with Gasteiger partial charge in [0.25, 0.3) is 0 Å². The minimum absolute atomic E-state index is 0.158. The smallest absolute Gasteiger partial charge is 0.214 e. The summed E-state index contributed by atoms with van der Waals surface area (Å²) in [7, 11) is 0. The maximum Gasteiger partial charge on any atom is 0.214 e. The van der Waals surface area contributed by atoms with Crippen LogP contribution in [-0.4, -0.2) is 4.98 Å². The van der Waals surface area contributed by atoms with Crippen molar-refractivity contribution < 1.29 is 9.13 Å². The number of aromatic nitrogens is 1. The van der Waals surface area contributed by atoms with Crippen LogP contribution in [0.5, 0.6) is 5.88 Å². The van der Waals surface area contributed by atoms with Gasteiger partial charge < -0.3 is 10.5 Å². The van der Waals surface area contributed by atoms with Crippen molar-refractivity contribution in [2.75, 3.05) is 0 Å². The summed E-state index contributed by atoms with van der Waals surface area (Å²) in [6, 6.07) is 10.3. The zero-order chi connectivity index (χ0) is 14.5. The van der Waals surface area contributed by atoms with E-state index in [-0.39, 0.29) is 18.3 Å². The van der Waals surface area contributed by atoms with Crippen molar-refractivity contribution in [3.63, 3.8) is 0 Å². The summed E-state index contributed by atoms with van der Waals surface area (Å²) >= 11 is 0. The van der Waals surface area contributed by atoms with Crippen LogP contribution in [0.3, 0.4) is 0 Å². The van der Waals surface area contributed by atoms with Crippen LogP contribution in [0.2, 0.25) is 0 Å². The maximum atomic E-state index is 13.5. The Balaban J connectivity index is 2.17. The summed E-state index contributed by atoms with van der Waals surface area (Å²) in [5.41, 5.74) is 8.08. The van der Waals surface area contributed by atoms with Crippen molar-refractivity contribution >= 4 is 0 Å². The topological polar surface area (TPSA) is 48.1 Å². The number of hydrogen-bond acceptors (Lipinski definition) is 3. The number of nitrogens with two attached hydrogens (primary N) is 1. The highest BCUT2D eigenvalue weighted by atomic mass is 19.1. The molecule has 4 heteroatoms. The van der Waals surface area contributed by atoms with Crippen LogP contribution in [0.15, 0.2) is 36.4 Å². The molecule has 3 nitrogen and oxygen atoms in total. The average molecular weight is 274 g/mol. The monoisotopic (exact) mass is 274 g/mol. The van der Waals surface area contributed by atoms with Gasteiger partial charge in [0, 0.05) is 23.9 Å². The standard InChI is InChI=1S/C16H19FN2O/c1-11(2)15-7-12(9-18)8-16(19-15)20-10-13-5-3-4-6-14(13)17/h3-8,11H,9-10,18H2,1-2H3. The zero-order valence-electron chi connectivity index (χ0n) is 11.8. The van der Waals surface area contributed by atoms with E-state index in [1.165, 1.54) is 6.07 Å². The lowest BCUT2D eigenvalue weighted by Crippen LogP contribution is -2.05. The first-order valence-corrected chi connectivity index (χ1v) is 6.67. The summed E-state index contributed by atoms with van der Waals surface area (Å²) in [6.45, 7) is 4.70. The minimum atomic E-state index is -0.272. The third-order valence-electron chi connectivity index (χ3n) is 3.04. The Labute approximate surface area is 118 Å². The summed E-state index contributed by atoms with van der Waals surface area (Å²) in [5.74, 6) is 0.503. The summed E-state index contributed by atoms with van der Waals surface area (Å²) in [6.07, 6.45) is 0. The van der Waals surface area contributed by atoms with Gasteiger partial charge in [0.05, 0.1) is 0 Å². The molecule has 1 aromatic heterocycles. The predicted octanol–water partition coefficient (Wildman–Crippen LogP) is 3.38. The highest BCUT2D eigenvalue weighted by Crippen LogP contribution is 2.20. The quantitative estimate of drug-likeness (QED) is 0.909. The Hall–Kier alpha value is -1.94. The molecule has 1 aromatic carbocycles. The molecule has 0 saturated heterocycles. The Morgan fingerprint density at radius 3 is 2.65 bits per heavy atom. The van der Waals surface area contributed by atoms with E-state index in [0.29, 0.717) is 18.0 Å². The molecule has 0 aliphatic heterocycles.